The van der Waals surface area contributed by atoms with Gasteiger partial charge in [0.1, 0.15) is 11.8 Å². The molecule has 1 aliphatic rings. The number of hydrogen-bond acceptors (Lipinski definition) is 3. The monoisotopic (exact) mass is 478 g/mol. The molecule has 1 atom stereocenters. The number of carbonyl (C=O) groups excluding carboxylic acids is 2. The highest BCUT2D eigenvalue weighted by atomic mass is 16.2. The molecule has 1 N–H and O–H groups in total. The second kappa shape index (κ2) is 10.7. The molecule has 0 saturated heterocycles. The quantitative estimate of drug-likeness (QED) is 0.272. The van der Waals surface area contributed by atoms with Gasteiger partial charge in [-0.3, -0.25) is 14.4 Å². The lowest BCUT2D eigenvalue weighted by Gasteiger charge is -2.15. The van der Waals surface area contributed by atoms with Gasteiger partial charge < -0.3 is 9.88 Å². The molecule has 1 unspecified atom stereocenters. The maximum absolute atomic E-state index is 13.4. The van der Waals surface area contributed by atoms with E-state index in [-0.39, 0.29) is 17.0 Å². The van der Waals surface area contributed by atoms with Crippen molar-refractivity contribution in [2.45, 2.75) is 38.6 Å². The van der Waals surface area contributed by atoms with Gasteiger partial charge in [-0.1, -0.05) is 60.7 Å². The fraction of sp³-hybridized carbons (Fsp3) is 0.258. The third kappa shape index (κ3) is 5.15. The van der Waals surface area contributed by atoms with E-state index in [9.17, 15) is 14.4 Å². The Bertz CT molecular complexity index is 1460. The van der Waals surface area contributed by atoms with E-state index < -0.39 is 0 Å². The minimum atomic E-state index is -0.317. The number of benzene rings is 3. The fourth-order valence-corrected chi connectivity index (χ4v) is 5.26. The summed E-state index contributed by atoms with van der Waals surface area (Å²) in [7, 11) is 0. The lowest BCUT2D eigenvalue weighted by molar-refractivity contribution is 0.0951. The van der Waals surface area contributed by atoms with E-state index in [4.69, 9.17) is 0 Å². The number of carbonyl (C=O) groups is 2. The van der Waals surface area contributed by atoms with Crippen LogP contribution < -0.4 is 10.9 Å². The number of aromatic nitrogens is 1. The summed E-state index contributed by atoms with van der Waals surface area (Å²) < 4.78 is 1.76. The number of para-hydroxylation sites is 1. The van der Waals surface area contributed by atoms with Crippen molar-refractivity contribution in [3.8, 4) is 0 Å². The Labute approximate surface area is 210 Å². The highest BCUT2D eigenvalue weighted by Gasteiger charge is 2.23. The van der Waals surface area contributed by atoms with Gasteiger partial charge in [0, 0.05) is 18.7 Å². The van der Waals surface area contributed by atoms with Gasteiger partial charge in [-0.2, -0.15) is 0 Å². The number of pyridine rings is 1. The van der Waals surface area contributed by atoms with Crippen LogP contribution in [0.2, 0.25) is 0 Å². The van der Waals surface area contributed by atoms with Crippen LogP contribution in [0, 0.1) is 5.92 Å². The minimum Gasteiger partial charge on any atom is -0.352 e. The molecule has 36 heavy (non-hydrogen) atoms. The molecule has 0 saturated carbocycles. The van der Waals surface area contributed by atoms with E-state index >= 15 is 0 Å². The number of aldehydes is 1. The Morgan fingerprint density at radius 1 is 0.944 bits per heavy atom. The highest BCUT2D eigenvalue weighted by molar-refractivity contribution is 5.97. The zero-order chi connectivity index (χ0) is 24.9. The van der Waals surface area contributed by atoms with Crippen LogP contribution >= 0.6 is 0 Å². The maximum atomic E-state index is 13.4. The van der Waals surface area contributed by atoms with Crippen LogP contribution in [-0.2, 0) is 25.8 Å². The first-order chi connectivity index (χ1) is 17.6. The third-order valence-electron chi connectivity index (χ3n) is 7.16. The van der Waals surface area contributed by atoms with E-state index in [1.165, 1.54) is 16.7 Å². The van der Waals surface area contributed by atoms with Gasteiger partial charge in [-0.25, -0.2) is 0 Å². The summed E-state index contributed by atoms with van der Waals surface area (Å²) in [5.41, 5.74) is 5.25. The van der Waals surface area contributed by atoms with E-state index in [0.717, 1.165) is 49.3 Å². The maximum Gasteiger partial charge on any atom is 0.263 e. The lowest BCUT2D eigenvalue weighted by atomic mass is 10.0. The summed E-state index contributed by atoms with van der Waals surface area (Å²) in [6.07, 6.45) is 5.26. The summed E-state index contributed by atoms with van der Waals surface area (Å²) in [5.74, 6) is 0.0882. The molecule has 3 aromatic carbocycles. The van der Waals surface area contributed by atoms with Gasteiger partial charge in [-0.15, -0.1) is 0 Å². The van der Waals surface area contributed by atoms with Gasteiger partial charge in [0.2, 0.25) is 0 Å². The molecule has 0 spiro atoms. The number of nitrogens with zero attached hydrogens (tertiary/aromatic N) is 1. The standard InChI is InChI=1S/C31H30N2O3/c34-21-24-12-13-25-17-23(18-27(25)19-24)14-16-33-29-11-5-4-10-26(29)20-28(31(33)36)30(35)32-15-6-9-22-7-2-1-3-8-22/h1-5,7-8,10-13,19-21,23H,6,9,14-18H2,(H,32,35). The Balaban J connectivity index is 1.29. The molecule has 0 radical (unpaired) electrons. The van der Waals surface area contributed by atoms with Crippen LogP contribution in [0.4, 0.5) is 0 Å². The molecule has 1 aromatic heterocycles. The fourth-order valence-electron chi connectivity index (χ4n) is 5.26. The van der Waals surface area contributed by atoms with E-state index in [1.54, 1.807) is 10.6 Å². The molecule has 1 amide bonds. The summed E-state index contributed by atoms with van der Waals surface area (Å²) in [5, 5.41) is 3.83. The van der Waals surface area contributed by atoms with Crippen LogP contribution in [0.25, 0.3) is 10.9 Å². The average molecular weight is 479 g/mol. The molecular formula is C31H30N2O3. The first kappa shape index (κ1) is 23.7. The van der Waals surface area contributed by atoms with Crippen molar-refractivity contribution in [3.05, 3.63) is 117 Å². The van der Waals surface area contributed by atoms with Crippen LogP contribution in [0.5, 0.6) is 0 Å². The van der Waals surface area contributed by atoms with Gasteiger partial charge in [0.15, 0.2) is 0 Å². The van der Waals surface area contributed by atoms with Gasteiger partial charge in [-0.05, 0) is 78.3 Å². The molecule has 4 aromatic rings. The van der Waals surface area contributed by atoms with Crippen LogP contribution in [0.1, 0.15) is 50.2 Å². The second-order valence-electron chi connectivity index (χ2n) is 9.63. The van der Waals surface area contributed by atoms with Gasteiger partial charge in [0.05, 0.1) is 5.52 Å². The van der Waals surface area contributed by atoms with Crippen molar-refractivity contribution < 1.29 is 9.59 Å². The van der Waals surface area contributed by atoms with Crippen LogP contribution in [0.15, 0.2) is 83.7 Å². The Kier molecular flexibility index (Phi) is 7.08. The molecule has 182 valence electrons. The summed E-state index contributed by atoms with van der Waals surface area (Å²) >= 11 is 0. The summed E-state index contributed by atoms with van der Waals surface area (Å²) in [6, 6.07) is 25.5. The molecular weight excluding hydrogens is 448 g/mol. The van der Waals surface area contributed by atoms with Gasteiger partial charge >= 0.3 is 0 Å². The number of rotatable bonds is 9. The number of nitrogens with one attached hydrogen (secondary N) is 1. The molecule has 5 rings (SSSR count). The predicted molar refractivity (Wildman–Crippen MR) is 143 cm³/mol. The summed E-state index contributed by atoms with van der Waals surface area (Å²) in [6.45, 7) is 1.07. The van der Waals surface area contributed by atoms with Crippen molar-refractivity contribution in [1.29, 1.82) is 0 Å². The Hall–Kier alpha value is -3.99. The zero-order valence-electron chi connectivity index (χ0n) is 20.3. The van der Waals surface area contributed by atoms with E-state index in [1.807, 2.05) is 60.7 Å². The van der Waals surface area contributed by atoms with Crippen molar-refractivity contribution in [2.75, 3.05) is 6.54 Å². The Morgan fingerprint density at radius 3 is 2.56 bits per heavy atom. The number of fused-ring (bicyclic) bond motifs is 2. The first-order valence-electron chi connectivity index (χ1n) is 12.6. The van der Waals surface area contributed by atoms with Crippen molar-refractivity contribution in [1.82, 2.24) is 9.88 Å². The number of aryl methyl sites for hydroxylation is 2. The van der Waals surface area contributed by atoms with E-state index in [2.05, 4.69) is 17.4 Å². The topological polar surface area (TPSA) is 68.2 Å². The number of hydrogen-bond donors (Lipinski definition) is 1. The SMILES string of the molecule is O=Cc1ccc2c(c1)CC(CCn1c(=O)c(C(=O)NCCCc3ccccc3)cc3ccccc31)C2. The van der Waals surface area contributed by atoms with Crippen molar-refractivity contribution >= 4 is 23.1 Å². The zero-order valence-corrected chi connectivity index (χ0v) is 20.3. The van der Waals surface area contributed by atoms with Crippen molar-refractivity contribution in [2.24, 2.45) is 5.92 Å². The predicted octanol–water partition coefficient (Wildman–Crippen LogP) is 4.98. The highest BCUT2D eigenvalue weighted by Crippen LogP contribution is 2.30. The second-order valence-corrected chi connectivity index (χ2v) is 9.63. The van der Waals surface area contributed by atoms with Gasteiger partial charge in [0.25, 0.3) is 11.5 Å². The lowest BCUT2D eigenvalue weighted by Crippen LogP contribution is -2.34. The smallest absolute Gasteiger partial charge is 0.263 e. The first-order valence-corrected chi connectivity index (χ1v) is 12.6. The van der Waals surface area contributed by atoms with Crippen LogP contribution in [-0.4, -0.2) is 23.3 Å². The molecule has 1 aliphatic carbocycles. The average Bonchev–Trinajstić information content (AvgIpc) is 3.33. The minimum absolute atomic E-state index is 0.193. The normalized spacial score (nSPS) is 14.5. The summed E-state index contributed by atoms with van der Waals surface area (Å²) in [4.78, 5) is 37.6. The number of amides is 1. The third-order valence-corrected chi connectivity index (χ3v) is 7.16. The molecule has 1 heterocycles. The molecule has 0 aliphatic heterocycles. The molecule has 5 heteroatoms. The van der Waals surface area contributed by atoms with E-state index in [0.29, 0.717) is 24.6 Å². The largest absolute Gasteiger partial charge is 0.352 e. The molecule has 0 fully saturated rings. The van der Waals surface area contributed by atoms with Crippen LogP contribution in [0.3, 0.4) is 0 Å². The molecule has 0 bridgehead atoms. The molecule has 5 nitrogen and oxygen atoms in total. The Morgan fingerprint density at radius 2 is 1.72 bits per heavy atom. The van der Waals surface area contributed by atoms with Crippen molar-refractivity contribution in [3.63, 3.8) is 0 Å².